The summed E-state index contributed by atoms with van der Waals surface area (Å²) in [4.78, 5) is 48.0. The number of carbonyl (C=O) groups is 4. The fraction of sp³-hybridized carbons (Fsp3) is 0.615. The molecule has 0 unspecified atom stereocenters. The van der Waals surface area contributed by atoms with Crippen molar-refractivity contribution in [2.45, 2.75) is 78.9 Å². The third-order valence-corrected chi connectivity index (χ3v) is 4.99. The molecule has 0 fully saturated rings. The van der Waals surface area contributed by atoms with E-state index in [0.717, 1.165) is 0 Å². The molecule has 0 spiro atoms. The van der Waals surface area contributed by atoms with Crippen LogP contribution in [-0.4, -0.2) is 49.9 Å². The molecule has 0 bridgehead atoms. The first kappa shape index (κ1) is 30.9. The SMILES string of the molecule is COC(=O)OC[C@H](C)OC(=O)[C@@H](N)Cc1ccc(OC(=O)CCC(C)C)c(OC(=O)CCC(C)C)c1. The summed E-state index contributed by atoms with van der Waals surface area (Å²) in [7, 11) is 1.17. The Hall–Kier alpha value is -3.14. The van der Waals surface area contributed by atoms with Crippen LogP contribution < -0.4 is 15.2 Å². The first-order valence-electron chi connectivity index (χ1n) is 12.1. The van der Waals surface area contributed by atoms with Crippen LogP contribution in [-0.2, 0) is 35.0 Å². The van der Waals surface area contributed by atoms with Gasteiger partial charge in [0.1, 0.15) is 18.8 Å². The third kappa shape index (κ3) is 12.5. The summed E-state index contributed by atoms with van der Waals surface area (Å²) in [6.07, 6.45) is 0.211. The van der Waals surface area contributed by atoms with Crippen LogP contribution >= 0.6 is 0 Å². The van der Waals surface area contributed by atoms with Gasteiger partial charge in [-0.2, -0.15) is 0 Å². The second-order valence-corrected chi connectivity index (χ2v) is 9.42. The number of hydrogen-bond acceptors (Lipinski definition) is 10. The van der Waals surface area contributed by atoms with Gasteiger partial charge in [-0.25, -0.2) is 4.79 Å². The van der Waals surface area contributed by atoms with Crippen molar-refractivity contribution in [3.63, 3.8) is 0 Å². The Morgan fingerprint density at radius 3 is 1.94 bits per heavy atom. The smallest absolute Gasteiger partial charge is 0.458 e. The topological polar surface area (TPSA) is 140 Å². The number of rotatable bonds is 14. The molecule has 36 heavy (non-hydrogen) atoms. The summed E-state index contributed by atoms with van der Waals surface area (Å²) < 4.78 is 25.3. The van der Waals surface area contributed by atoms with Crippen LogP contribution in [0.15, 0.2) is 18.2 Å². The largest absolute Gasteiger partial charge is 0.508 e. The second-order valence-electron chi connectivity index (χ2n) is 9.42. The summed E-state index contributed by atoms with van der Waals surface area (Å²) in [6, 6.07) is 3.64. The lowest BCUT2D eigenvalue weighted by Gasteiger charge is -2.17. The van der Waals surface area contributed by atoms with E-state index in [1.165, 1.54) is 19.2 Å². The first-order valence-corrected chi connectivity index (χ1v) is 12.1. The van der Waals surface area contributed by atoms with E-state index in [1.54, 1.807) is 13.0 Å². The molecule has 2 N–H and O–H groups in total. The van der Waals surface area contributed by atoms with Gasteiger partial charge in [-0.15, -0.1) is 0 Å². The van der Waals surface area contributed by atoms with Crippen LogP contribution in [0.25, 0.3) is 0 Å². The molecule has 202 valence electrons. The Morgan fingerprint density at radius 2 is 1.42 bits per heavy atom. The molecule has 1 rings (SSSR count). The van der Waals surface area contributed by atoms with Crippen molar-refractivity contribution in [1.82, 2.24) is 0 Å². The number of carbonyl (C=O) groups excluding carboxylic acids is 4. The van der Waals surface area contributed by atoms with Crippen molar-refractivity contribution in [1.29, 1.82) is 0 Å². The quantitative estimate of drug-likeness (QED) is 0.289. The Kier molecular flexibility index (Phi) is 13.5. The Labute approximate surface area is 212 Å². The number of nitrogens with two attached hydrogens (primary N) is 1. The van der Waals surface area contributed by atoms with E-state index in [0.29, 0.717) is 30.2 Å². The molecular formula is C26H39NO9. The fourth-order valence-electron chi connectivity index (χ4n) is 2.91. The van der Waals surface area contributed by atoms with E-state index >= 15 is 0 Å². The Morgan fingerprint density at radius 1 is 0.861 bits per heavy atom. The van der Waals surface area contributed by atoms with Crippen LogP contribution in [0.4, 0.5) is 4.79 Å². The molecule has 0 amide bonds. The highest BCUT2D eigenvalue weighted by Gasteiger charge is 2.22. The number of methoxy groups -OCH3 is 1. The predicted octanol–water partition coefficient (Wildman–Crippen LogP) is 3.95. The van der Waals surface area contributed by atoms with Crippen LogP contribution in [0.3, 0.4) is 0 Å². The van der Waals surface area contributed by atoms with E-state index in [9.17, 15) is 19.2 Å². The van der Waals surface area contributed by atoms with Gasteiger partial charge in [-0.05, 0) is 55.7 Å². The van der Waals surface area contributed by atoms with E-state index < -0.39 is 36.2 Å². The van der Waals surface area contributed by atoms with Crippen LogP contribution in [0.1, 0.15) is 65.9 Å². The molecule has 10 nitrogen and oxygen atoms in total. The maximum atomic E-state index is 12.4. The van der Waals surface area contributed by atoms with Gasteiger partial charge < -0.3 is 29.4 Å². The minimum Gasteiger partial charge on any atom is -0.458 e. The summed E-state index contributed by atoms with van der Waals surface area (Å²) >= 11 is 0. The molecule has 1 aromatic rings. The normalized spacial score (nSPS) is 12.6. The molecule has 0 saturated carbocycles. The van der Waals surface area contributed by atoms with Gasteiger partial charge in [0, 0.05) is 12.8 Å². The lowest BCUT2D eigenvalue weighted by Crippen LogP contribution is -2.37. The average molecular weight is 510 g/mol. The number of benzene rings is 1. The molecule has 0 aliphatic heterocycles. The summed E-state index contributed by atoms with van der Waals surface area (Å²) in [5.74, 6) is -0.723. The zero-order valence-corrected chi connectivity index (χ0v) is 22.0. The summed E-state index contributed by atoms with van der Waals surface area (Å²) in [6.45, 7) is 9.37. The van der Waals surface area contributed by atoms with Crippen LogP contribution in [0.2, 0.25) is 0 Å². The zero-order valence-electron chi connectivity index (χ0n) is 22.0. The van der Waals surface area contributed by atoms with Crippen molar-refractivity contribution in [3.8, 4) is 11.5 Å². The lowest BCUT2D eigenvalue weighted by molar-refractivity contribution is -0.152. The molecule has 1 aromatic carbocycles. The minimum absolute atomic E-state index is 0.0710. The first-order chi connectivity index (χ1) is 16.9. The van der Waals surface area contributed by atoms with Gasteiger partial charge in [0.05, 0.1) is 7.11 Å². The molecule has 0 aliphatic rings. The lowest BCUT2D eigenvalue weighted by atomic mass is 10.1. The average Bonchev–Trinajstić information content (AvgIpc) is 2.81. The monoisotopic (exact) mass is 509 g/mol. The van der Waals surface area contributed by atoms with E-state index in [1.807, 2.05) is 27.7 Å². The second kappa shape index (κ2) is 15.8. The summed E-state index contributed by atoms with van der Waals surface area (Å²) in [5.41, 5.74) is 6.57. The zero-order chi connectivity index (χ0) is 27.3. The van der Waals surface area contributed by atoms with Crippen molar-refractivity contribution < 1.29 is 42.9 Å². The molecule has 0 aromatic heterocycles. The van der Waals surface area contributed by atoms with Crippen molar-refractivity contribution in [3.05, 3.63) is 23.8 Å². The van der Waals surface area contributed by atoms with Crippen molar-refractivity contribution in [2.75, 3.05) is 13.7 Å². The van der Waals surface area contributed by atoms with Gasteiger partial charge in [-0.3, -0.25) is 14.4 Å². The Bertz CT molecular complexity index is 882. The molecule has 10 heteroatoms. The maximum absolute atomic E-state index is 12.4. The predicted molar refractivity (Wildman–Crippen MR) is 131 cm³/mol. The highest BCUT2D eigenvalue weighted by Crippen LogP contribution is 2.30. The van der Waals surface area contributed by atoms with Crippen molar-refractivity contribution >= 4 is 24.1 Å². The van der Waals surface area contributed by atoms with E-state index in [-0.39, 0.29) is 37.4 Å². The molecular weight excluding hydrogens is 470 g/mol. The van der Waals surface area contributed by atoms with Gasteiger partial charge >= 0.3 is 24.1 Å². The highest BCUT2D eigenvalue weighted by molar-refractivity contribution is 5.77. The highest BCUT2D eigenvalue weighted by atomic mass is 16.7. The van der Waals surface area contributed by atoms with E-state index in [2.05, 4.69) is 4.74 Å². The molecule has 0 radical (unpaired) electrons. The number of hydrogen-bond donors (Lipinski definition) is 1. The third-order valence-electron chi connectivity index (χ3n) is 4.99. The molecule has 2 atom stereocenters. The van der Waals surface area contributed by atoms with Gasteiger partial charge in [0.25, 0.3) is 0 Å². The fourth-order valence-corrected chi connectivity index (χ4v) is 2.91. The van der Waals surface area contributed by atoms with Gasteiger partial charge in [-0.1, -0.05) is 33.8 Å². The van der Waals surface area contributed by atoms with Crippen molar-refractivity contribution in [2.24, 2.45) is 17.6 Å². The van der Waals surface area contributed by atoms with Crippen LogP contribution in [0, 0.1) is 11.8 Å². The van der Waals surface area contributed by atoms with Gasteiger partial charge in [0.2, 0.25) is 0 Å². The minimum atomic E-state index is -1.03. The molecule has 0 saturated heterocycles. The number of esters is 3. The Balaban J connectivity index is 2.91. The van der Waals surface area contributed by atoms with Crippen LogP contribution in [0.5, 0.6) is 11.5 Å². The summed E-state index contributed by atoms with van der Waals surface area (Å²) in [5, 5.41) is 0. The van der Waals surface area contributed by atoms with Gasteiger partial charge in [0.15, 0.2) is 11.5 Å². The number of ether oxygens (including phenoxy) is 5. The molecule has 0 heterocycles. The molecule has 0 aliphatic carbocycles. The van der Waals surface area contributed by atoms with E-state index in [4.69, 9.17) is 24.7 Å². The standard InChI is InChI=1S/C26H39NO9/c1-16(2)7-11-23(28)35-21-10-9-19(14-22(21)36-24(29)12-8-17(3)4)13-20(27)25(30)34-18(5)15-33-26(31)32-6/h9-10,14,16-18,20H,7-8,11-13,15,27H2,1-6H3/t18-,20-/m0/s1. The maximum Gasteiger partial charge on any atom is 0.508 e.